The van der Waals surface area contributed by atoms with Gasteiger partial charge in [0.1, 0.15) is 0 Å². The van der Waals surface area contributed by atoms with Gasteiger partial charge in [-0.1, -0.05) is 11.3 Å². The van der Waals surface area contributed by atoms with Gasteiger partial charge in [0.15, 0.2) is 5.13 Å². The zero-order valence-electron chi connectivity index (χ0n) is 6.70. The maximum absolute atomic E-state index is 11.3. The van der Waals surface area contributed by atoms with Crippen LogP contribution in [0.1, 0.15) is 6.42 Å². The van der Waals surface area contributed by atoms with Crippen LogP contribution in [0.2, 0.25) is 0 Å². The molecule has 13 heavy (non-hydrogen) atoms. The Morgan fingerprint density at radius 1 is 1.69 bits per heavy atom. The number of carbonyl (C=O) groups is 1. The van der Waals surface area contributed by atoms with Gasteiger partial charge in [0.05, 0.1) is 16.6 Å². The van der Waals surface area contributed by atoms with Crippen LogP contribution >= 0.6 is 27.3 Å². The number of thiazole rings is 1. The van der Waals surface area contributed by atoms with E-state index in [0.717, 1.165) is 10.2 Å². The molecule has 1 aliphatic heterocycles. The van der Waals surface area contributed by atoms with Crippen LogP contribution in [0.15, 0.2) is 9.98 Å². The van der Waals surface area contributed by atoms with Crippen LogP contribution in [-0.2, 0) is 4.74 Å². The maximum atomic E-state index is 11.3. The number of halogens is 1. The molecule has 1 aromatic heterocycles. The Kier molecular flexibility index (Phi) is 2.50. The molecule has 0 aromatic carbocycles. The summed E-state index contributed by atoms with van der Waals surface area (Å²) in [4.78, 5) is 16.9. The van der Waals surface area contributed by atoms with Crippen LogP contribution < -0.4 is 4.90 Å². The van der Waals surface area contributed by atoms with Crippen molar-refractivity contribution in [1.29, 1.82) is 0 Å². The summed E-state index contributed by atoms with van der Waals surface area (Å²) in [6.45, 7) is 1.21. The van der Waals surface area contributed by atoms with Crippen molar-refractivity contribution in [2.24, 2.45) is 0 Å². The minimum atomic E-state index is -0.298. The molecule has 0 atom stereocenters. The Morgan fingerprint density at radius 2 is 2.54 bits per heavy atom. The standard InChI is InChI=1S/C7H7BrN2O2S/c8-5-4-9-6(13-5)10-2-1-3-12-7(10)11/h4H,1-3H2. The maximum Gasteiger partial charge on any atom is 0.416 e. The normalized spacial score (nSPS) is 17.3. The van der Waals surface area contributed by atoms with Gasteiger partial charge in [0.25, 0.3) is 0 Å². The van der Waals surface area contributed by atoms with E-state index in [1.807, 2.05) is 0 Å². The highest BCUT2D eigenvalue weighted by Gasteiger charge is 2.23. The topological polar surface area (TPSA) is 42.4 Å². The molecule has 70 valence electrons. The number of rotatable bonds is 1. The average molecular weight is 263 g/mol. The Hall–Kier alpha value is -0.620. The minimum Gasteiger partial charge on any atom is -0.449 e. The molecular weight excluding hydrogens is 256 g/mol. The number of cyclic esters (lactones) is 1. The molecule has 2 heterocycles. The monoisotopic (exact) mass is 262 g/mol. The van der Waals surface area contributed by atoms with Crippen LogP contribution in [0.4, 0.5) is 9.93 Å². The molecule has 6 heteroatoms. The predicted molar refractivity (Wildman–Crippen MR) is 53.1 cm³/mol. The van der Waals surface area contributed by atoms with Gasteiger partial charge in [-0.25, -0.2) is 9.78 Å². The van der Waals surface area contributed by atoms with Gasteiger partial charge >= 0.3 is 6.09 Å². The molecular formula is C7H7BrN2O2S. The van der Waals surface area contributed by atoms with Gasteiger partial charge in [-0.15, -0.1) is 0 Å². The fourth-order valence-corrected chi connectivity index (χ4v) is 2.29. The average Bonchev–Trinajstić information content (AvgIpc) is 2.53. The van der Waals surface area contributed by atoms with Crippen LogP contribution in [0, 0.1) is 0 Å². The zero-order valence-corrected chi connectivity index (χ0v) is 9.10. The van der Waals surface area contributed by atoms with E-state index >= 15 is 0 Å². The number of hydrogen-bond acceptors (Lipinski definition) is 4. The van der Waals surface area contributed by atoms with Crippen LogP contribution in [-0.4, -0.2) is 24.2 Å². The molecule has 1 aromatic rings. The fourth-order valence-electron chi connectivity index (χ4n) is 1.10. The van der Waals surface area contributed by atoms with Crippen molar-refractivity contribution in [2.45, 2.75) is 6.42 Å². The van der Waals surface area contributed by atoms with E-state index in [1.165, 1.54) is 11.3 Å². The van der Waals surface area contributed by atoms with E-state index < -0.39 is 0 Å². The Balaban J connectivity index is 2.19. The first kappa shape index (κ1) is 8.96. The molecule has 0 saturated carbocycles. The lowest BCUT2D eigenvalue weighted by Crippen LogP contribution is -2.37. The number of hydrogen-bond donors (Lipinski definition) is 0. The first-order chi connectivity index (χ1) is 6.27. The van der Waals surface area contributed by atoms with Crippen LogP contribution in [0.3, 0.4) is 0 Å². The summed E-state index contributed by atoms with van der Waals surface area (Å²) in [6, 6.07) is 0. The summed E-state index contributed by atoms with van der Waals surface area (Å²) in [5.74, 6) is 0. The molecule has 0 unspecified atom stereocenters. The molecule has 0 N–H and O–H groups in total. The Bertz CT molecular complexity index is 328. The molecule has 1 fully saturated rings. The van der Waals surface area contributed by atoms with Gasteiger partial charge in [-0.05, 0) is 22.4 Å². The summed E-state index contributed by atoms with van der Waals surface area (Å²) in [5.41, 5.74) is 0. The van der Waals surface area contributed by atoms with Crippen molar-refractivity contribution in [3.05, 3.63) is 9.98 Å². The molecule has 1 saturated heterocycles. The molecule has 1 amide bonds. The minimum absolute atomic E-state index is 0.298. The molecule has 0 spiro atoms. The number of aromatic nitrogens is 1. The van der Waals surface area contributed by atoms with Crippen molar-refractivity contribution < 1.29 is 9.53 Å². The number of anilines is 1. The lowest BCUT2D eigenvalue weighted by atomic mass is 10.4. The highest BCUT2D eigenvalue weighted by Crippen LogP contribution is 2.28. The van der Waals surface area contributed by atoms with E-state index in [4.69, 9.17) is 4.74 Å². The van der Waals surface area contributed by atoms with E-state index in [9.17, 15) is 4.79 Å². The molecule has 0 radical (unpaired) electrons. The van der Waals surface area contributed by atoms with Gasteiger partial charge < -0.3 is 4.74 Å². The second-order valence-electron chi connectivity index (χ2n) is 2.57. The summed E-state index contributed by atoms with van der Waals surface area (Å²) in [5, 5.41) is 0.691. The van der Waals surface area contributed by atoms with Crippen molar-refractivity contribution in [3.8, 4) is 0 Å². The lowest BCUT2D eigenvalue weighted by molar-refractivity contribution is 0.140. The Labute approximate surface area is 87.6 Å². The van der Waals surface area contributed by atoms with Gasteiger partial charge in [0.2, 0.25) is 0 Å². The number of amides is 1. The quantitative estimate of drug-likeness (QED) is 0.780. The summed E-state index contributed by atoms with van der Waals surface area (Å²) < 4.78 is 5.81. The zero-order chi connectivity index (χ0) is 9.26. The molecule has 2 rings (SSSR count). The van der Waals surface area contributed by atoms with Gasteiger partial charge in [0, 0.05) is 6.54 Å². The van der Waals surface area contributed by atoms with Gasteiger partial charge in [-0.2, -0.15) is 0 Å². The van der Waals surface area contributed by atoms with E-state index in [2.05, 4.69) is 20.9 Å². The summed E-state index contributed by atoms with van der Waals surface area (Å²) in [7, 11) is 0. The summed E-state index contributed by atoms with van der Waals surface area (Å²) in [6.07, 6.45) is 2.25. The van der Waals surface area contributed by atoms with E-state index in [-0.39, 0.29) is 6.09 Å². The summed E-state index contributed by atoms with van der Waals surface area (Å²) >= 11 is 4.72. The van der Waals surface area contributed by atoms with E-state index in [1.54, 1.807) is 11.1 Å². The van der Waals surface area contributed by atoms with Crippen molar-refractivity contribution >= 4 is 38.5 Å². The van der Waals surface area contributed by atoms with Crippen molar-refractivity contribution in [1.82, 2.24) is 4.98 Å². The fraction of sp³-hybridized carbons (Fsp3) is 0.429. The van der Waals surface area contributed by atoms with Crippen LogP contribution in [0.5, 0.6) is 0 Å². The molecule has 0 bridgehead atoms. The number of nitrogens with zero attached hydrogens (tertiary/aromatic N) is 2. The predicted octanol–water partition coefficient (Wildman–Crippen LogP) is 2.25. The van der Waals surface area contributed by atoms with E-state index in [0.29, 0.717) is 18.3 Å². The third kappa shape index (κ3) is 1.83. The smallest absolute Gasteiger partial charge is 0.416 e. The Morgan fingerprint density at radius 3 is 3.15 bits per heavy atom. The highest BCUT2D eigenvalue weighted by atomic mass is 79.9. The number of ether oxygens (including phenoxy) is 1. The van der Waals surface area contributed by atoms with Gasteiger partial charge in [-0.3, -0.25) is 4.90 Å². The SMILES string of the molecule is O=C1OCCCN1c1ncc(Br)s1. The first-order valence-corrected chi connectivity index (χ1v) is 5.44. The third-order valence-corrected chi connectivity index (χ3v) is 3.17. The molecule has 0 aliphatic carbocycles. The molecule has 1 aliphatic rings. The molecule has 4 nitrogen and oxygen atoms in total. The second kappa shape index (κ2) is 3.63. The van der Waals surface area contributed by atoms with Crippen molar-refractivity contribution in [3.63, 3.8) is 0 Å². The highest BCUT2D eigenvalue weighted by molar-refractivity contribution is 9.11. The third-order valence-electron chi connectivity index (χ3n) is 1.67. The van der Waals surface area contributed by atoms with Crippen LogP contribution in [0.25, 0.3) is 0 Å². The second-order valence-corrected chi connectivity index (χ2v) is 4.95. The number of carbonyl (C=O) groups excluding carboxylic acids is 1. The lowest BCUT2D eigenvalue weighted by Gasteiger charge is -2.23. The largest absolute Gasteiger partial charge is 0.449 e. The first-order valence-electron chi connectivity index (χ1n) is 3.83. The van der Waals surface area contributed by atoms with Crippen molar-refractivity contribution in [2.75, 3.05) is 18.1 Å².